The molecule has 2 aromatic rings. The molecule has 0 radical (unpaired) electrons. The average molecular weight is 436 g/mol. The normalized spacial score (nSPS) is 20.6. The van der Waals surface area contributed by atoms with Gasteiger partial charge in [-0.15, -0.1) is 0 Å². The van der Waals surface area contributed by atoms with Crippen molar-refractivity contribution in [2.24, 2.45) is 0 Å². The zero-order valence-corrected chi connectivity index (χ0v) is 17.4. The molecule has 166 valence electrons. The van der Waals surface area contributed by atoms with Gasteiger partial charge in [0.25, 0.3) is 5.91 Å². The van der Waals surface area contributed by atoms with Crippen molar-refractivity contribution < 1.29 is 23.9 Å². The van der Waals surface area contributed by atoms with E-state index >= 15 is 0 Å². The van der Waals surface area contributed by atoms with E-state index in [-0.39, 0.29) is 25.5 Å². The van der Waals surface area contributed by atoms with Gasteiger partial charge in [-0.3, -0.25) is 14.9 Å². The first-order valence-corrected chi connectivity index (χ1v) is 10.4. The van der Waals surface area contributed by atoms with Gasteiger partial charge in [-0.1, -0.05) is 60.7 Å². The van der Waals surface area contributed by atoms with Crippen LogP contribution in [-0.2, 0) is 27.4 Å². The van der Waals surface area contributed by atoms with Gasteiger partial charge in [0.05, 0.1) is 6.54 Å². The molecule has 0 unspecified atom stereocenters. The van der Waals surface area contributed by atoms with Crippen molar-refractivity contribution in [1.29, 1.82) is 0 Å². The Kier molecular flexibility index (Phi) is 6.07. The Hall–Kier alpha value is -3.88. The van der Waals surface area contributed by atoms with E-state index in [1.54, 1.807) is 0 Å². The van der Waals surface area contributed by atoms with Gasteiger partial charge in [-0.05, 0) is 17.5 Å². The van der Waals surface area contributed by atoms with Crippen molar-refractivity contribution in [1.82, 2.24) is 20.9 Å². The third kappa shape index (κ3) is 4.72. The van der Waals surface area contributed by atoms with Crippen molar-refractivity contribution >= 4 is 23.9 Å². The van der Waals surface area contributed by atoms with E-state index in [2.05, 4.69) is 16.0 Å². The predicted octanol–water partition coefficient (Wildman–Crippen LogP) is 1.33. The lowest BCUT2D eigenvalue weighted by Crippen LogP contribution is -2.53. The van der Waals surface area contributed by atoms with Crippen LogP contribution in [0.4, 0.5) is 9.59 Å². The average Bonchev–Trinajstić information content (AvgIpc) is 3.35. The largest absolute Gasteiger partial charge is 0.445 e. The van der Waals surface area contributed by atoms with Gasteiger partial charge in [0.1, 0.15) is 18.2 Å². The van der Waals surface area contributed by atoms with Crippen LogP contribution in [-0.4, -0.2) is 53.5 Å². The SMILES string of the molecule is O=C1NC(=O)[C@]2(CCN(C(=O)[C@@H](Cc3ccccc3)NC(=O)OCc3ccccc3)C2)N1. The Balaban J connectivity index is 1.44. The molecule has 2 heterocycles. The zero-order valence-electron chi connectivity index (χ0n) is 17.4. The number of nitrogens with one attached hydrogen (secondary N) is 3. The minimum Gasteiger partial charge on any atom is -0.445 e. The number of alkyl carbamates (subject to hydrolysis) is 1. The number of amides is 5. The summed E-state index contributed by atoms with van der Waals surface area (Å²) in [6.07, 6.45) is -0.126. The first kappa shape index (κ1) is 21.4. The fourth-order valence-corrected chi connectivity index (χ4v) is 3.99. The second kappa shape index (κ2) is 9.09. The maximum atomic E-state index is 13.3. The maximum Gasteiger partial charge on any atom is 0.408 e. The molecule has 0 aliphatic carbocycles. The second-order valence-electron chi connectivity index (χ2n) is 7.95. The highest BCUT2D eigenvalue weighted by molar-refractivity contribution is 6.07. The third-order valence-electron chi connectivity index (χ3n) is 5.68. The van der Waals surface area contributed by atoms with E-state index in [0.717, 1.165) is 11.1 Å². The molecule has 5 amide bonds. The number of ether oxygens (including phenoxy) is 1. The quantitative estimate of drug-likeness (QED) is 0.591. The molecule has 9 heteroatoms. The van der Waals surface area contributed by atoms with E-state index in [1.807, 2.05) is 60.7 Å². The highest BCUT2D eigenvalue weighted by atomic mass is 16.5. The van der Waals surface area contributed by atoms with E-state index in [0.29, 0.717) is 13.0 Å². The second-order valence-corrected chi connectivity index (χ2v) is 7.95. The number of nitrogens with zero attached hydrogens (tertiary/aromatic N) is 1. The van der Waals surface area contributed by atoms with Crippen molar-refractivity contribution in [3.05, 3.63) is 71.8 Å². The van der Waals surface area contributed by atoms with Gasteiger partial charge in [0, 0.05) is 13.0 Å². The van der Waals surface area contributed by atoms with E-state index < -0.39 is 29.6 Å². The number of hydrogen-bond acceptors (Lipinski definition) is 5. The summed E-state index contributed by atoms with van der Waals surface area (Å²) in [7, 11) is 0. The molecule has 3 N–H and O–H groups in total. The molecular weight excluding hydrogens is 412 g/mol. The van der Waals surface area contributed by atoms with E-state index in [9.17, 15) is 19.2 Å². The number of carbonyl (C=O) groups excluding carboxylic acids is 4. The lowest BCUT2D eigenvalue weighted by Gasteiger charge is -2.26. The van der Waals surface area contributed by atoms with Crippen LogP contribution in [0.2, 0.25) is 0 Å². The number of hydrogen-bond donors (Lipinski definition) is 3. The standard InChI is InChI=1S/C23H24N4O5/c28-19(27-12-11-23(15-27)20(29)25-21(30)26-23)18(13-16-7-3-1-4-8-16)24-22(31)32-14-17-9-5-2-6-10-17/h1-10,18H,11-15H2,(H,24,31)(H2,25,26,29,30)/t18-,23-/m1/s1. The number of rotatable bonds is 6. The number of likely N-dealkylation sites (tertiary alicyclic amines) is 1. The topological polar surface area (TPSA) is 117 Å². The number of urea groups is 1. The van der Waals surface area contributed by atoms with Crippen LogP contribution in [0.1, 0.15) is 17.5 Å². The first-order chi connectivity index (χ1) is 15.4. The van der Waals surface area contributed by atoms with Gasteiger partial charge in [-0.25, -0.2) is 9.59 Å². The summed E-state index contributed by atoms with van der Waals surface area (Å²) < 4.78 is 5.29. The summed E-state index contributed by atoms with van der Waals surface area (Å²) in [5, 5.41) is 7.52. The van der Waals surface area contributed by atoms with E-state index in [1.165, 1.54) is 4.90 Å². The molecule has 2 atom stereocenters. The summed E-state index contributed by atoms with van der Waals surface area (Å²) in [6.45, 7) is 0.423. The molecule has 4 rings (SSSR count). The molecule has 9 nitrogen and oxygen atoms in total. The number of imide groups is 1. The summed E-state index contributed by atoms with van der Waals surface area (Å²) in [5.74, 6) is -0.774. The molecule has 2 aliphatic rings. The fourth-order valence-electron chi connectivity index (χ4n) is 3.99. The van der Waals surface area contributed by atoms with Crippen LogP contribution in [0.15, 0.2) is 60.7 Å². The lowest BCUT2D eigenvalue weighted by molar-refractivity contribution is -0.132. The van der Waals surface area contributed by atoms with Crippen molar-refractivity contribution in [2.45, 2.75) is 31.0 Å². The van der Waals surface area contributed by atoms with Crippen LogP contribution in [0.25, 0.3) is 0 Å². The Morgan fingerprint density at radius 3 is 2.31 bits per heavy atom. The van der Waals surface area contributed by atoms with Gasteiger partial charge >= 0.3 is 12.1 Å². The minimum atomic E-state index is -1.11. The molecule has 2 aliphatic heterocycles. The van der Waals surface area contributed by atoms with Gasteiger partial charge in [0.15, 0.2) is 0 Å². The van der Waals surface area contributed by atoms with Crippen molar-refractivity contribution in [2.75, 3.05) is 13.1 Å². The Bertz CT molecular complexity index is 1010. The third-order valence-corrected chi connectivity index (χ3v) is 5.68. The highest BCUT2D eigenvalue weighted by Gasteiger charge is 2.52. The highest BCUT2D eigenvalue weighted by Crippen LogP contribution is 2.25. The Labute approximate surface area is 185 Å². The predicted molar refractivity (Wildman–Crippen MR) is 114 cm³/mol. The van der Waals surface area contributed by atoms with Crippen molar-refractivity contribution in [3.8, 4) is 0 Å². The fraction of sp³-hybridized carbons (Fsp3) is 0.304. The molecule has 2 fully saturated rings. The van der Waals surface area contributed by atoms with E-state index in [4.69, 9.17) is 4.74 Å². The van der Waals surface area contributed by atoms with Crippen LogP contribution in [0.3, 0.4) is 0 Å². The van der Waals surface area contributed by atoms with Crippen molar-refractivity contribution in [3.63, 3.8) is 0 Å². The van der Waals surface area contributed by atoms with Crippen LogP contribution in [0.5, 0.6) is 0 Å². The molecule has 2 saturated heterocycles. The molecule has 0 aromatic heterocycles. The summed E-state index contributed by atoms with van der Waals surface area (Å²) in [5.41, 5.74) is 0.589. The summed E-state index contributed by atoms with van der Waals surface area (Å²) in [4.78, 5) is 51.0. The maximum absolute atomic E-state index is 13.3. The molecule has 2 aromatic carbocycles. The minimum absolute atomic E-state index is 0.0510. The smallest absolute Gasteiger partial charge is 0.408 e. The Morgan fingerprint density at radius 2 is 1.69 bits per heavy atom. The van der Waals surface area contributed by atoms with Crippen LogP contribution in [0, 0.1) is 0 Å². The van der Waals surface area contributed by atoms with Gasteiger partial charge in [-0.2, -0.15) is 0 Å². The molecule has 1 spiro atoms. The van der Waals surface area contributed by atoms with Crippen LogP contribution < -0.4 is 16.0 Å². The number of carbonyl (C=O) groups is 4. The first-order valence-electron chi connectivity index (χ1n) is 10.4. The van der Waals surface area contributed by atoms with Gasteiger partial charge in [0.2, 0.25) is 5.91 Å². The molecule has 0 saturated carbocycles. The molecule has 0 bridgehead atoms. The summed E-state index contributed by atoms with van der Waals surface area (Å²) >= 11 is 0. The zero-order chi connectivity index (χ0) is 22.6. The Morgan fingerprint density at radius 1 is 1.03 bits per heavy atom. The summed E-state index contributed by atoms with van der Waals surface area (Å²) in [6, 6.07) is 17.1. The lowest BCUT2D eigenvalue weighted by atomic mass is 9.99. The van der Waals surface area contributed by atoms with Gasteiger partial charge < -0.3 is 20.3 Å². The molecule has 32 heavy (non-hydrogen) atoms. The monoisotopic (exact) mass is 436 g/mol. The van der Waals surface area contributed by atoms with Crippen LogP contribution >= 0.6 is 0 Å². The molecular formula is C23H24N4O5. The number of benzene rings is 2.